The number of para-hydroxylation sites is 1. The van der Waals surface area contributed by atoms with E-state index in [1.807, 2.05) is 32.0 Å². The Bertz CT molecular complexity index is 717. The van der Waals surface area contributed by atoms with Crippen molar-refractivity contribution in [3.8, 4) is 5.75 Å². The topological polar surface area (TPSA) is 55.4 Å². The lowest BCUT2D eigenvalue weighted by atomic mass is 10.1. The van der Waals surface area contributed by atoms with E-state index in [0.717, 1.165) is 16.8 Å². The summed E-state index contributed by atoms with van der Waals surface area (Å²) in [7, 11) is 0. The molecule has 2 rings (SSSR count). The largest absolute Gasteiger partial charge is 0.481 e. The van der Waals surface area contributed by atoms with E-state index in [9.17, 15) is 9.59 Å². The molecule has 0 aromatic heterocycles. The van der Waals surface area contributed by atoms with Gasteiger partial charge in [-0.1, -0.05) is 30.3 Å². The summed E-state index contributed by atoms with van der Waals surface area (Å²) < 4.78 is 5.65. The smallest absolute Gasteiger partial charge is 0.265 e. The first-order valence-electron chi connectivity index (χ1n) is 7.53. The van der Waals surface area contributed by atoms with Crippen LogP contribution in [0.4, 0.5) is 5.69 Å². The molecule has 23 heavy (non-hydrogen) atoms. The van der Waals surface area contributed by atoms with E-state index in [2.05, 4.69) is 5.32 Å². The van der Waals surface area contributed by atoms with E-state index in [1.165, 1.54) is 6.92 Å². The van der Waals surface area contributed by atoms with Crippen LogP contribution in [-0.4, -0.2) is 17.8 Å². The molecule has 0 aliphatic carbocycles. The highest BCUT2D eigenvalue weighted by molar-refractivity contribution is 5.96. The van der Waals surface area contributed by atoms with Gasteiger partial charge in [-0.2, -0.15) is 0 Å². The summed E-state index contributed by atoms with van der Waals surface area (Å²) in [6.07, 6.45) is -0.670. The number of rotatable bonds is 5. The maximum atomic E-state index is 12.3. The highest BCUT2D eigenvalue weighted by atomic mass is 16.5. The highest BCUT2D eigenvalue weighted by Crippen LogP contribution is 2.21. The van der Waals surface area contributed by atoms with Gasteiger partial charge in [0, 0.05) is 11.3 Å². The van der Waals surface area contributed by atoms with Gasteiger partial charge in [0.15, 0.2) is 11.9 Å². The second kappa shape index (κ2) is 7.09. The van der Waals surface area contributed by atoms with E-state index >= 15 is 0 Å². The maximum absolute atomic E-state index is 12.3. The lowest BCUT2D eigenvalue weighted by Gasteiger charge is -2.17. The summed E-state index contributed by atoms with van der Waals surface area (Å²) in [5.74, 6) is 0.237. The normalized spacial score (nSPS) is 11.7. The molecule has 1 atom stereocenters. The monoisotopic (exact) mass is 311 g/mol. The summed E-state index contributed by atoms with van der Waals surface area (Å²) in [5, 5.41) is 2.91. The number of benzene rings is 2. The standard InChI is InChI=1S/C19H21NO3/c1-12-7-5-8-13(2)18(12)20-19(22)15(4)23-17-10-6-9-16(11-17)14(3)21/h5-11,15H,1-4H3,(H,20,22). The minimum absolute atomic E-state index is 0.0388. The molecule has 120 valence electrons. The molecule has 0 fully saturated rings. The van der Waals surface area contributed by atoms with Crippen LogP contribution in [-0.2, 0) is 4.79 Å². The first-order chi connectivity index (χ1) is 10.9. The van der Waals surface area contributed by atoms with Crippen molar-refractivity contribution < 1.29 is 14.3 Å². The molecule has 0 saturated heterocycles. The van der Waals surface area contributed by atoms with Crippen molar-refractivity contribution >= 4 is 17.4 Å². The van der Waals surface area contributed by atoms with Crippen molar-refractivity contribution in [2.75, 3.05) is 5.32 Å². The summed E-state index contributed by atoms with van der Waals surface area (Å²) in [6.45, 7) is 7.08. The van der Waals surface area contributed by atoms with Crippen LogP contribution in [0.3, 0.4) is 0 Å². The number of Topliss-reactive ketones (excluding diaryl/α,β-unsaturated/α-hetero) is 1. The van der Waals surface area contributed by atoms with Gasteiger partial charge in [0.1, 0.15) is 5.75 Å². The van der Waals surface area contributed by atoms with Gasteiger partial charge in [-0.15, -0.1) is 0 Å². The van der Waals surface area contributed by atoms with E-state index in [-0.39, 0.29) is 11.7 Å². The molecule has 0 aliphatic rings. The Morgan fingerprint density at radius 3 is 2.26 bits per heavy atom. The van der Waals surface area contributed by atoms with Crippen molar-refractivity contribution in [3.63, 3.8) is 0 Å². The van der Waals surface area contributed by atoms with Crippen molar-refractivity contribution in [2.24, 2.45) is 0 Å². The molecule has 2 aromatic rings. The van der Waals surface area contributed by atoms with Crippen molar-refractivity contribution in [3.05, 3.63) is 59.2 Å². The zero-order chi connectivity index (χ0) is 17.0. The van der Waals surface area contributed by atoms with Gasteiger partial charge in [-0.3, -0.25) is 9.59 Å². The average Bonchev–Trinajstić information content (AvgIpc) is 2.51. The second-order valence-electron chi connectivity index (χ2n) is 5.60. The molecular weight excluding hydrogens is 290 g/mol. The Kier molecular flexibility index (Phi) is 5.16. The molecule has 1 unspecified atom stereocenters. The molecule has 0 aliphatic heterocycles. The van der Waals surface area contributed by atoms with Crippen LogP contribution in [0.5, 0.6) is 5.75 Å². The molecule has 0 radical (unpaired) electrons. The molecule has 4 heteroatoms. The summed E-state index contributed by atoms with van der Waals surface area (Å²) >= 11 is 0. The number of hydrogen-bond donors (Lipinski definition) is 1. The van der Waals surface area contributed by atoms with Crippen LogP contribution in [0, 0.1) is 13.8 Å². The lowest BCUT2D eigenvalue weighted by Crippen LogP contribution is -2.30. The summed E-state index contributed by atoms with van der Waals surface area (Å²) in [5.41, 5.74) is 3.38. The number of anilines is 1. The Labute approximate surface area is 136 Å². The van der Waals surface area contributed by atoms with Crippen LogP contribution >= 0.6 is 0 Å². The second-order valence-corrected chi connectivity index (χ2v) is 5.60. The maximum Gasteiger partial charge on any atom is 0.265 e. The fourth-order valence-corrected chi connectivity index (χ4v) is 2.28. The fraction of sp³-hybridized carbons (Fsp3) is 0.263. The minimum atomic E-state index is -0.670. The summed E-state index contributed by atoms with van der Waals surface area (Å²) in [6, 6.07) is 12.7. The van der Waals surface area contributed by atoms with Crippen LogP contribution in [0.25, 0.3) is 0 Å². The molecule has 0 bridgehead atoms. The summed E-state index contributed by atoms with van der Waals surface area (Å²) in [4.78, 5) is 23.7. The van der Waals surface area contributed by atoms with Crippen molar-refractivity contribution in [1.29, 1.82) is 0 Å². The number of nitrogens with one attached hydrogen (secondary N) is 1. The Morgan fingerprint density at radius 2 is 1.65 bits per heavy atom. The minimum Gasteiger partial charge on any atom is -0.481 e. The first-order valence-corrected chi connectivity index (χ1v) is 7.53. The predicted molar refractivity (Wildman–Crippen MR) is 91.1 cm³/mol. The third-order valence-electron chi connectivity index (χ3n) is 3.65. The molecule has 0 spiro atoms. The van der Waals surface area contributed by atoms with Gasteiger partial charge in [-0.25, -0.2) is 0 Å². The number of hydrogen-bond acceptors (Lipinski definition) is 3. The van der Waals surface area contributed by atoms with E-state index in [4.69, 9.17) is 4.74 Å². The molecule has 2 aromatic carbocycles. The lowest BCUT2D eigenvalue weighted by molar-refractivity contribution is -0.122. The molecule has 1 amide bonds. The van der Waals surface area contributed by atoms with Crippen LogP contribution in [0.15, 0.2) is 42.5 Å². The van der Waals surface area contributed by atoms with Crippen molar-refractivity contribution in [1.82, 2.24) is 0 Å². The number of ether oxygens (including phenoxy) is 1. The molecule has 4 nitrogen and oxygen atoms in total. The predicted octanol–water partition coefficient (Wildman–Crippen LogP) is 3.91. The average molecular weight is 311 g/mol. The number of carbonyl (C=O) groups excluding carboxylic acids is 2. The number of amides is 1. The number of carbonyl (C=O) groups is 2. The number of ketones is 1. The molecule has 0 saturated carbocycles. The van der Waals surface area contributed by atoms with Gasteiger partial charge in [-0.05, 0) is 51.0 Å². The van der Waals surface area contributed by atoms with Crippen LogP contribution in [0.1, 0.15) is 35.3 Å². The van der Waals surface area contributed by atoms with Gasteiger partial charge in [0.05, 0.1) is 0 Å². The van der Waals surface area contributed by atoms with Gasteiger partial charge >= 0.3 is 0 Å². The molecule has 1 N–H and O–H groups in total. The fourth-order valence-electron chi connectivity index (χ4n) is 2.28. The third kappa shape index (κ3) is 4.19. The van der Waals surface area contributed by atoms with E-state index in [1.54, 1.807) is 31.2 Å². The van der Waals surface area contributed by atoms with Gasteiger partial charge in [0.25, 0.3) is 5.91 Å². The highest BCUT2D eigenvalue weighted by Gasteiger charge is 2.17. The SMILES string of the molecule is CC(=O)c1cccc(OC(C)C(=O)Nc2c(C)cccc2C)c1. The third-order valence-corrected chi connectivity index (χ3v) is 3.65. The van der Waals surface area contributed by atoms with Crippen LogP contribution < -0.4 is 10.1 Å². The Hall–Kier alpha value is -2.62. The van der Waals surface area contributed by atoms with Crippen LogP contribution in [0.2, 0.25) is 0 Å². The zero-order valence-electron chi connectivity index (χ0n) is 13.8. The quantitative estimate of drug-likeness (QED) is 0.852. The molecule has 0 heterocycles. The molecular formula is C19H21NO3. The first kappa shape index (κ1) is 16.7. The van der Waals surface area contributed by atoms with E-state index < -0.39 is 6.10 Å². The Morgan fingerprint density at radius 1 is 1.04 bits per heavy atom. The Balaban J connectivity index is 2.08. The van der Waals surface area contributed by atoms with Gasteiger partial charge in [0.2, 0.25) is 0 Å². The van der Waals surface area contributed by atoms with E-state index in [0.29, 0.717) is 11.3 Å². The van der Waals surface area contributed by atoms with Crippen molar-refractivity contribution in [2.45, 2.75) is 33.8 Å². The zero-order valence-corrected chi connectivity index (χ0v) is 13.8. The number of aryl methyl sites for hydroxylation is 2. The van der Waals surface area contributed by atoms with Gasteiger partial charge < -0.3 is 10.1 Å².